The van der Waals surface area contributed by atoms with Gasteiger partial charge in [0, 0.05) is 26.2 Å². The lowest BCUT2D eigenvalue weighted by Gasteiger charge is -2.37. The lowest BCUT2D eigenvalue weighted by molar-refractivity contribution is -0.129. The highest BCUT2D eigenvalue weighted by Crippen LogP contribution is 2.16. The van der Waals surface area contributed by atoms with E-state index < -0.39 is 0 Å². The van der Waals surface area contributed by atoms with E-state index in [1.165, 1.54) is 0 Å². The van der Waals surface area contributed by atoms with Crippen LogP contribution in [-0.2, 0) is 9.53 Å². The van der Waals surface area contributed by atoms with Crippen molar-refractivity contribution in [3.05, 3.63) is 0 Å². The van der Waals surface area contributed by atoms with E-state index in [4.69, 9.17) is 4.74 Å². The van der Waals surface area contributed by atoms with Crippen molar-refractivity contribution in [3.8, 4) is 0 Å². The van der Waals surface area contributed by atoms with Gasteiger partial charge < -0.3 is 15.4 Å². The minimum Gasteiger partial charge on any atom is -0.374 e. The monoisotopic (exact) mass is 241 g/mol. The number of hydrogen-bond acceptors (Lipinski definition) is 4. The van der Waals surface area contributed by atoms with Crippen LogP contribution in [0.2, 0.25) is 0 Å². The Balaban J connectivity index is 1.92. The Hall–Kier alpha value is -0.650. The second-order valence-corrected chi connectivity index (χ2v) is 4.85. The van der Waals surface area contributed by atoms with E-state index in [2.05, 4.69) is 15.5 Å². The molecule has 2 aliphatic rings. The van der Waals surface area contributed by atoms with Crippen molar-refractivity contribution in [1.29, 1.82) is 0 Å². The van der Waals surface area contributed by atoms with Crippen molar-refractivity contribution in [3.63, 3.8) is 0 Å². The SMILES string of the molecule is CNCC1CN(C2CCCCNC2=O)CCO1. The van der Waals surface area contributed by atoms with Gasteiger partial charge in [0.2, 0.25) is 5.91 Å². The molecule has 0 aromatic rings. The van der Waals surface area contributed by atoms with Gasteiger partial charge in [-0.1, -0.05) is 0 Å². The fourth-order valence-corrected chi connectivity index (χ4v) is 2.65. The Morgan fingerprint density at radius 2 is 2.41 bits per heavy atom. The molecule has 5 nitrogen and oxygen atoms in total. The first-order chi connectivity index (χ1) is 8.31. The molecular formula is C12H23N3O2. The third-order valence-corrected chi connectivity index (χ3v) is 3.55. The molecule has 0 spiro atoms. The van der Waals surface area contributed by atoms with Gasteiger partial charge in [0.15, 0.2) is 0 Å². The number of carbonyl (C=O) groups excluding carboxylic acids is 1. The van der Waals surface area contributed by atoms with Crippen LogP contribution in [0.4, 0.5) is 0 Å². The van der Waals surface area contributed by atoms with Gasteiger partial charge in [0.25, 0.3) is 0 Å². The fraction of sp³-hybridized carbons (Fsp3) is 0.917. The molecule has 2 heterocycles. The molecule has 98 valence electrons. The van der Waals surface area contributed by atoms with E-state index in [0.717, 1.165) is 52.0 Å². The molecule has 0 bridgehead atoms. The Morgan fingerprint density at radius 3 is 3.24 bits per heavy atom. The quantitative estimate of drug-likeness (QED) is 0.704. The molecule has 1 amide bonds. The van der Waals surface area contributed by atoms with Crippen molar-refractivity contribution < 1.29 is 9.53 Å². The molecule has 5 heteroatoms. The predicted octanol–water partition coefficient (Wildman–Crippen LogP) is -0.425. The number of hydrogen-bond donors (Lipinski definition) is 2. The fourth-order valence-electron chi connectivity index (χ4n) is 2.65. The lowest BCUT2D eigenvalue weighted by atomic mass is 10.1. The zero-order valence-electron chi connectivity index (χ0n) is 10.6. The number of likely N-dealkylation sites (N-methyl/N-ethyl adjacent to an activating group) is 1. The smallest absolute Gasteiger partial charge is 0.237 e. The minimum absolute atomic E-state index is 0.0563. The van der Waals surface area contributed by atoms with Crippen LogP contribution >= 0.6 is 0 Å². The number of amides is 1. The number of nitrogens with zero attached hydrogens (tertiary/aromatic N) is 1. The van der Waals surface area contributed by atoms with Gasteiger partial charge in [-0.2, -0.15) is 0 Å². The topological polar surface area (TPSA) is 53.6 Å². The second-order valence-electron chi connectivity index (χ2n) is 4.85. The van der Waals surface area contributed by atoms with Crippen LogP contribution < -0.4 is 10.6 Å². The average Bonchev–Trinajstić information content (AvgIpc) is 2.55. The number of nitrogens with one attached hydrogen (secondary N) is 2. The maximum absolute atomic E-state index is 12.0. The van der Waals surface area contributed by atoms with Gasteiger partial charge in [-0.25, -0.2) is 0 Å². The predicted molar refractivity (Wildman–Crippen MR) is 65.9 cm³/mol. The summed E-state index contributed by atoms with van der Waals surface area (Å²) < 4.78 is 5.67. The Morgan fingerprint density at radius 1 is 1.53 bits per heavy atom. The summed E-state index contributed by atoms with van der Waals surface area (Å²) in [7, 11) is 1.93. The van der Waals surface area contributed by atoms with Crippen LogP contribution in [0.15, 0.2) is 0 Å². The minimum atomic E-state index is 0.0563. The summed E-state index contributed by atoms with van der Waals surface area (Å²) in [6.45, 7) is 4.15. The van der Waals surface area contributed by atoms with Crippen molar-refractivity contribution in [2.45, 2.75) is 31.4 Å². The summed E-state index contributed by atoms with van der Waals surface area (Å²) in [6, 6.07) is 0.0563. The molecule has 2 aliphatic heterocycles. The van der Waals surface area contributed by atoms with Crippen molar-refractivity contribution in [1.82, 2.24) is 15.5 Å². The van der Waals surface area contributed by atoms with E-state index in [1.807, 2.05) is 7.05 Å². The maximum atomic E-state index is 12.0. The largest absolute Gasteiger partial charge is 0.374 e. The van der Waals surface area contributed by atoms with Gasteiger partial charge >= 0.3 is 0 Å². The van der Waals surface area contributed by atoms with E-state index in [1.54, 1.807) is 0 Å². The molecular weight excluding hydrogens is 218 g/mol. The van der Waals surface area contributed by atoms with Crippen LogP contribution in [0, 0.1) is 0 Å². The molecule has 0 aliphatic carbocycles. The Bertz CT molecular complexity index is 258. The van der Waals surface area contributed by atoms with Crippen molar-refractivity contribution >= 4 is 5.91 Å². The second kappa shape index (κ2) is 6.33. The average molecular weight is 241 g/mol. The summed E-state index contributed by atoms with van der Waals surface area (Å²) >= 11 is 0. The molecule has 2 unspecified atom stereocenters. The summed E-state index contributed by atoms with van der Waals surface area (Å²) in [5.41, 5.74) is 0. The van der Waals surface area contributed by atoms with Crippen LogP contribution in [0.5, 0.6) is 0 Å². The zero-order valence-corrected chi connectivity index (χ0v) is 10.6. The number of rotatable bonds is 3. The van der Waals surface area contributed by atoms with Gasteiger partial charge in [-0.05, 0) is 26.3 Å². The van der Waals surface area contributed by atoms with E-state index in [9.17, 15) is 4.79 Å². The standard InChI is InChI=1S/C12H23N3O2/c1-13-8-10-9-15(6-7-17-10)11-4-2-3-5-14-12(11)16/h10-11,13H,2-9H2,1H3,(H,14,16). The summed E-state index contributed by atoms with van der Waals surface area (Å²) in [4.78, 5) is 14.3. The van der Waals surface area contributed by atoms with E-state index in [-0.39, 0.29) is 18.1 Å². The Kier molecular flexibility index (Phi) is 4.76. The van der Waals surface area contributed by atoms with Gasteiger partial charge in [-0.15, -0.1) is 0 Å². The molecule has 0 radical (unpaired) electrons. The van der Waals surface area contributed by atoms with Crippen LogP contribution in [-0.4, -0.2) is 62.8 Å². The molecule has 17 heavy (non-hydrogen) atoms. The molecule has 2 saturated heterocycles. The Labute approximate surface area is 103 Å². The van der Waals surface area contributed by atoms with Crippen molar-refractivity contribution in [2.75, 3.05) is 39.8 Å². The molecule has 0 aromatic heterocycles. The zero-order chi connectivity index (χ0) is 12.1. The number of carbonyl (C=O) groups is 1. The van der Waals surface area contributed by atoms with Crippen LogP contribution in [0.1, 0.15) is 19.3 Å². The van der Waals surface area contributed by atoms with Crippen LogP contribution in [0.25, 0.3) is 0 Å². The number of morpholine rings is 1. The lowest BCUT2D eigenvalue weighted by Crippen LogP contribution is -2.54. The summed E-state index contributed by atoms with van der Waals surface area (Å²) in [5.74, 6) is 0.201. The molecule has 0 aromatic carbocycles. The number of ether oxygens (including phenoxy) is 1. The molecule has 2 N–H and O–H groups in total. The van der Waals surface area contributed by atoms with Gasteiger partial charge in [0.1, 0.15) is 0 Å². The molecule has 2 fully saturated rings. The third kappa shape index (κ3) is 3.40. The normalized spacial score (nSPS) is 31.9. The van der Waals surface area contributed by atoms with E-state index in [0.29, 0.717) is 0 Å². The first-order valence-corrected chi connectivity index (χ1v) is 6.59. The summed E-state index contributed by atoms with van der Waals surface area (Å²) in [5, 5.41) is 6.13. The molecule has 2 atom stereocenters. The highest BCUT2D eigenvalue weighted by molar-refractivity contribution is 5.81. The van der Waals surface area contributed by atoms with Crippen molar-refractivity contribution in [2.24, 2.45) is 0 Å². The molecule has 0 saturated carbocycles. The first kappa shape index (κ1) is 12.8. The maximum Gasteiger partial charge on any atom is 0.237 e. The summed E-state index contributed by atoms with van der Waals surface area (Å²) in [6.07, 6.45) is 3.44. The van der Waals surface area contributed by atoms with Gasteiger partial charge in [-0.3, -0.25) is 9.69 Å². The highest BCUT2D eigenvalue weighted by atomic mass is 16.5. The van der Waals surface area contributed by atoms with E-state index >= 15 is 0 Å². The third-order valence-electron chi connectivity index (χ3n) is 3.55. The van der Waals surface area contributed by atoms with Crippen LogP contribution in [0.3, 0.4) is 0 Å². The highest BCUT2D eigenvalue weighted by Gasteiger charge is 2.31. The molecule has 2 rings (SSSR count). The first-order valence-electron chi connectivity index (χ1n) is 6.59. The van der Waals surface area contributed by atoms with Gasteiger partial charge in [0.05, 0.1) is 18.8 Å².